The molecule has 0 aliphatic heterocycles. The van der Waals surface area contributed by atoms with Crippen LogP contribution >= 0.6 is 12.4 Å². The smallest absolute Gasteiger partial charge is 0.0240 e. The van der Waals surface area contributed by atoms with Crippen LogP contribution in [0.4, 0.5) is 0 Å². The highest BCUT2D eigenvalue weighted by molar-refractivity contribution is 5.85. The van der Waals surface area contributed by atoms with E-state index in [2.05, 4.69) is 19.0 Å². The molecule has 1 atom stereocenters. The van der Waals surface area contributed by atoms with Crippen LogP contribution in [0.3, 0.4) is 0 Å². The Hall–Kier alpha value is 0.210. The first-order valence-corrected chi connectivity index (χ1v) is 4.12. The third-order valence-electron chi connectivity index (χ3n) is 2.60. The lowest BCUT2D eigenvalue weighted by molar-refractivity contribution is 0.146. The largest absolute Gasteiger partial charge is 0.329 e. The van der Waals surface area contributed by atoms with Gasteiger partial charge in [-0.25, -0.2) is 0 Å². The van der Waals surface area contributed by atoms with Crippen LogP contribution in [0.25, 0.3) is 0 Å². The maximum atomic E-state index is 5.64. The highest BCUT2D eigenvalue weighted by atomic mass is 35.5. The summed E-state index contributed by atoms with van der Waals surface area (Å²) in [5.41, 5.74) is 5.64. The van der Waals surface area contributed by atoms with Crippen LogP contribution in [-0.4, -0.2) is 31.6 Å². The van der Waals surface area contributed by atoms with Crippen molar-refractivity contribution in [2.24, 2.45) is 11.7 Å². The van der Waals surface area contributed by atoms with Gasteiger partial charge >= 0.3 is 0 Å². The molecule has 1 aliphatic carbocycles. The Morgan fingerprint density at radius 1 is 1.45 bits per heavy atom. The molecule has 3 heteroatoms. The quantitative estimate of drug-likeness (QED) is 0.702. The molecule has 11 heavy (non-hydrogen) atoms. The molecule has 1 unspecified atom stereocenters. The average Bonchev–Trinajstić information content (AvgIpc) is 1.76. The third kappa shape index (κ3) is 2.62. The molecule has 2 nitrogen and oxygen atoms in total. The van der Waals surface area contributed by atoms with Crippen molar-refractivity contribution in [3.8, 4) is 0 Å². The molecular weight excluding hydrogens is 160 g/mol. The Morgan fingerprint density at radius 3 is 2.09 bits per heavy atom. The van der Waals surface area contributed by atoms with E-state index in [1.165, 1.54) is 19.3 Å². The summed E-state index contributed by atoms with van der Waals surface area (Å²) in [5, 5.41) is 0. The Bertz CT molecular complexity index is 102. The molecule has 0 radical (unpaired) electrons. The molecule has 0 bridgehead atoms. The van der Waals surface area contributed by atoms with Gasteiger partial charge in [0.15, 0.2) is 0 Å². The Kier molecular flexibility index (Phi) is 5.06. The van der Waals surface area contributed by atoms with Gasteiger partial charge in [-0.3, -0.25) is 0 Å². The maximum absolute atomic E-state index is 5.64. The fourth-order valence-electron chi connectivity index (χ4n) is 1.65. The zero-order valence-electron chi connectivity index (χ0n) is 7.42. The van der Waals surface area contributed by atoms with E-state index < -0.39 is 0 Å². The predicted octanol–water partition coefficient (Wildman–Crippen LogP) is 1.10. The molecule has 1 rings (SSSR count). The van der Waals surface area contributed by atoms with Gasteiger partial charge in [0.05, 0.1) is 0 Å². The minimum Gasteiger partial charge on any atom is -0.329 e. The number of rotatable bonds is 3. The van der Waals surface area contributed by atoms with Crippen LogP contribution in [0.5, 0.6) is 0 Å². The van der Waals surface area contributed by atoms with Crippen molar-refractivity contribution in [1.29, 1.82) is 0 Å². The van der Waals surface area contributed by atoms with Gasteiger partial charge in [-0.2, -0.15) is 0 Å². The summed E-state index contributed by atoms with van der Waals surface area (Å²) in [4.78, 5) is 2.25. The van der Waals surface area contributed by atoms with E-state index in [9.17, 15) is 0 Å². The number of hydrogen-bond donors (Lipinski definition) is 1. The van der Waals surface area contributed by atoms with Gasteiger partial charge in [-0.1, -0.05) is 6.42 Å². The molecule has 1 aliphatic rings. The Morgan fingerprint density at radius 2 is 2.00 bits per heavy atom. The van der Waals surface area contributed by atoms with Gasteiger partial charge in [0, 0.05) is 12.6 Å². The standard InChI is InChI=1S/C8H18N2.ClH/c1-10(2)8(6-9)7-4-3-5-7;/h7-8H,3-6,9H2,1-2H3;1H. The summed E-state index contributed by atoms with van der Waals surface area (Å²) in [6.07, 6.45) is 4.19. The fraction of sp³-hybridized carbons (Fsp3) is 1.00. The van der Waals surface area contributed by atoms with E-state index in [1.54, 1.807) is 0 Å². The van der Waals surface area contributed by atoms with Crippen LogP contribution in [0.15, 0.2) is 0 Å². The lowest BCUT2D eigenvalue weighted by Gasteiger charge is -2.37. The lowest BCUT2D eigenvalue weighted by Crippen LogP contribution is -2.43. The van der Waals surface area contributed by atoms with Crippen LogP contribution in [0, 0.1) is 5.92 Å². The van der Waals surface area contributed by atoms with E-state index in [1.807, 2.05) is 0 Å². The van der Waals surface area contributed by atoms with Crippen LogP contribution < -0.4 is 5.73 Å². The van der Waals surface area contributed by atoms with Crippen molar-refractivity contribution in [2.45, 2.75) is 25.3 Å². The molecule has 0 aromatic carbocycles. The van der Waals surface area contributed by atoms with E-state index >= 15 is 0 Å². The monoisotopic (exact) mass is 178 g/mol. The Labute approximate surface area is 75.5 Å². The SMILES string of the molecule is CN(C)C(CN)C1CCC1.Cl. The average molecular weight is 179 g/mol. The second-order valence-corrected chi connectivity index (χ2v) is 3.46. The summed E-state index contributed by atoms with van der Waals surface area (Å²) < 4.78 is 0. The number of nitrogens with two attached hydrogens (primary N) is 1. The zero-order chi connectivity index (χ0) is 7.56. The van der Waals surface area contributed by atoms with Crippen molar-refractivity contribution < 1.29 is 0 Å². The van der Waals surface area contributed by atoms with Crippen molar-refractivity contribution >= 4 is 12.4 Å². The van der Waals surface area contributed by atoms with Gasteiger partial charge in [-0.15, -0.1) is 12.4 Å². The Balaban J connectivity index is 0.000001000. The molecule has 0 saturated heterocycles. The number of likely N-dealkylation sites (N-methyl/N-ethyl adjacent to an activating group) is 1. The first kappa shape index (κ1) is 11.2. The molecule has 68 valence electrons. The molecule has 1 saturated carbocycles. The summed E-state index contributed by atoms with van der Waals surface area (Å²) in [5.74, 6) is 0.889. The van der Waals surface area contributed by atoms with Crippen molar-refractivity contribution in [2.75, 3.05) is 20.6 Å². The van der Waals surface area contributed by atoms with E-state index in [4.69, 9.17) is 5.73 Å². The second kappa shape index (κ2) is 4.96. The molecule has 1 fully saturated rings. The topological polar surface area (TPSA) is 29.3 Å². The minimum absolute atomic E-state index is 0. The molecular formula is C8H19ClN2. The van der Waals surface area contributed by atoms with E-state index in [0.29, 0.717) is 6.04 Å². The summed E-state index contributed by atoms with van der Waals surface area (Å²) in [6, 6.07) is 0.633. The number of hydrogen-bond acceptors (Lipinski definition) is 2. The first-order chi connectivity index (χ1) is 4.75. The summed E-state index contributed by atoms with van der Waals surface area (Å²) in [7, 11) is 4.24. The lowest BCUT2D eigenvalue weighted by atomic mass is 9.79. The molecule has 0 aromatic heterocycles. The van der Waals surface area contributed by atoms with Gasteiger partial charge in [-0.05, 0) is 32.9 Å². The van der Waals surface area contributed by atoms with E-state index in [-0.39, 0.29) is 12.4 Å². The van der Waals surface area contributed by atoms with Gasteiger partial charge in [0.25, 0.3) is 0 Å². The van der Waals surface area contributed by atoms with Crippen molar-refractivity contribution in [3.63, 3.8) is 0 Å². The number of halogens is 1. The summed E-state index contributed by atoms with van der Waals surface area (Å²) >= 11 is 0. The first-order valence-electron chi connectivity index (χ1n) is 4.12. The molecule has 0 amide bonds. The molecule has 0 heterocycles. The van der Waals surface area contributed by atoms with Crippen molar-refractivity contribution in [3.05, 3.63) is 0 Å². The second-order valence-electron chi connectivity index (χ2n) is 3.46. The van der Waals surface area contributed by atoms with Gasteiger partial charge < -0.3 is 10.6 Å². The third-order valence-corrected chi connectivity index (χ3v) is 2.60. The van der Waals surface area contributed by atoms with Gasteiger partial charge in [0.2, 0.25) is 0 Å². The van der Waals surface area contributed by atoms with E-state index in [0.717, 1.165) is 12.5 Å². The van der Waals surface area contributed by atoms with Crippen LogP contribution in [-0.2, 0) is 0 Å². The number of nitrogens with zero attached hydrogens (tertiary/aromatic N) is 1. The van der Waals surface area contributed by atoms with Crippen molar-refractivity contribution in [1.82, 2.24) is 4.90 Å². The minimum atomic E-state index is 0. The highest BCUT2D eigenvalue weighted by Crippen LogP contribution is 2.30. The van der Waals surface area contributed by atoms with Crippen LogP contribution in [0.2, 0.25) is 0 Å². The zero-order valence-corrected chi connectivity index (χ0v) is 8.23. The molecule has 2 N–H and O–H groups in total. The predicted molar refractivity (Wildman–Crippen MR) is 51.1 cm³/mol. The highest BCUT2D eigenvalue weighted by Gasteiger charge is 2.27. The maximum Gasteiger partial charge on any atom is 0.0240 e. The fourth-order valence-corrected chi connectivity index (χ4v) is 1.65. The molecule has 0 spiro atoms. The van der Waals surface area contributed by atoms with Crippen LogP contribution in [0.1, 0.15) is 19.3 Å². The van der Waals surface area contributed by atoms with Gasteiger partial charge in [0.1, 0.15) is 0 Å². The normalized spacial score (nSPS) is 20.7. The molecule has 0 aromatic rings. The summed E-state index contributed by atoms with van der Waals surface area (Å²) in [6.45, 7) is 0.817.